The molecule has 21 heavy (non-hydrogen) atoms. The lowest BCUT2D eigenvalue weighted by Gasteiger charge is -2.18. The Hall–Kier alpha value is -2.37. The highest BCUT2D eigenvalue weighted by Gasteiger charge is 2.44. The standard InChI is InChI=1S/C15H19N3O3/c1-4-5-6-7-17-12-9-13(18(20)21)11(16)8-10(12)15(2,3)14(17)19/h5-6,8-9H,4,7,16H2,1-3H3. The van der Waals surface area contributed by atoms with Gasteiger partial charge >= 0.3 is 0 Å². The van der Waals surface area contributed by atoms with Crippen LogP contribution in [-0.4, -0.2) is 17.4 Å². The molecule has 1 aliphatic heterocycles. The molecule has 0 bridgehead atoms. The molecule has 2 N–H and O–H groups in total. The molecule has 0 radical (unpaired) electrons. The summed E-state index contributed by atoms with van der Waals surface area (Å²) in [6, 6.07) is 2.95. The number of allylic oxidation sites excluding steroid dienone is 1. The number of nitrogen functional groups attached to an aromatic ring is 1. The Bertz CT molecular complexity index is 635. The van der Waals surface area contributed by atoms with Gasteiger partial charge in [-0.2, -0.15) is 0 Å². The second-order valence-electron chi connectivity index (χ2n) is 5.61. The summed E-state index contributed by atoms with van der Waals surface area (Å²) in [6.45, 7) is 6.03. The predicted molar refractivity (Wildman–Crippen MR) is 82.3 cm³/mol. The number of hydrogen-bond donors (Lipinski definition) is 1. The van der Waals surface area contributed by atoms with Crippen molar-refractivity contribution in [2.45, 2.75) is 32.6 Å². The molecule has 0 fully saturated rings. The Labute approximate surface area is 123 Å². The molecule has 0 aromatic heterocycles. The highest BCUT2D eigenvalue weighted by atomic mass is 16.6. The van der Waals surface area contributed by atoms with Crippen LogP contribution in [0.5, 0.6) is 0 Å². The van der Waals surface area contributed by atoms with Gasteiger partial charge in [0, 0.05) is 12.6 Å². The summed E-state index contributed by atoms with van der Waals surface area (Å²) in [5, 5.41) is 11.0. The maximum absolute atomic E-state index is 12.6. The van der Waals surface area contributed by atoms with Gasteiger partial charge in [0.05, 0.1) is 16.0 Å². The predicted octanol–water partition coefficient (Wildman–Crippen LogP) is 2.77. The minimum absolute atomic E-state index is 0.0712. The van der Waals surface area contributed by atoms with Gasteiger partial charge in [-0.15, -0.1) is 0 Å². The van der Waals surface area contributed by atoms with Crippen LogP contribution in [0.2, 0.25) is 0 Å². The Morgan fingerprint density at radius 2 is 2.05 bits per heavy atom. The average Bonchev–Trinajstić information content (AvgIpc) is 2.59. The quantitative estimate of drug-likeness (QED) is 0.399. The lowest BCUT2D eigenvalue weighted by atomic mass is 9.86. The molecule has 1 amide bonds. The molecule has 1 aliphatic rings. The van der Waals surface area contributed by atoms with Crippen molar-refractivity contribution in [1.29, 1.82) is 0 Å². The first-order valence-electron chi connectivity index (χ1n) is 6.86. The number of nitrogens with zero attached hydrogens (tertiary/aromatic N) is 2. The number of nitro groups is 1. The Balaban J connectivity index is 2.55. The van der Waals surface area contributed by atoms with E-state index < -0.39 is 10.3 Å². The minimum atomic E-state index is -0.724. The fourth-order valence-electron chi connectivity index (χ4n) is 2.57. The lowest BCUT2D eigenvalue weighted by Crippen LogP contribution is -2.36. The van der Waals surface area contributed by atoms with Crippen LogP contribution in [0.3, 0.4) is 0 Å². The molecule has 0 unspecified atom stereocenters. The highest BCUT2D eigenvalue weighted by molar-refractivity contribution is 6.08. The van der Waals surface area contributed by atoms with Crippen molar-refractivity contribution < 1.29 is 9.72 Å². The van der Waals surface area contributed by atoms with E-state index in [2.05, 4.69) is 0 Å². The van der Waals surface area contributed by atoms with Gasteiger partial charge in [0.25, 0.3) is 5.69 Å². The lowest BCUT2D eigenvalue weighted by molar-refractivity contribution is -0.383. The van der Waals surface area contributed by atoms with Gasteiger partial charge in [-0.05, 0) is 31.9 Å². The van der Waals surface area contributed by atoms with Gasteiger partial charge in [-0.1, -0.05) is 19.1 Å². The van der Waals surface area contributed by atoms with E-state index in [0.29, 0.717) is 12.2 Å². The van der Waals surface area contributed by atoms with Gasteiger partial charge in [0.1, 0.15) is 5.69 Å². The maximum Gasteiger partial charge on any atom is 0.294 e. The van der Waals surface area contributed by atoms with Crippen molar-refractivity contribution in [3.8, 4) is 0 Å². The van der Waals surface area contributed by atoms with Crippen LogP contribution in [0.25, 0.3) is 0 Å². The van der Waals surface area contributed by atoms with Crippen molar-refractivity contribution in [3.63, 3.8) is 0 Å². The molecule has 0 saturated heterocycles. The number of carbonyl (C=O) groups excluding carboxylic acids is 1. The highest BCUT2D eigenvalue weighted by Crippen LogP contribution is 2.45. The van der Waals surface area contributed by atoms with Crippen LogP contribution in [0.4, 0.5) is 17.1 Å². The van der Waals surface area contributed by atoms with Crippen LogP contribution < -0.4 is 10.6 Å². The van der Waals surface area contributed by atoms with E-state index in [1.165, 1.54) is 6.07 Å². The van der Waals surface area contributed by atoms with Crippen molar-refractivity contribution in [2.75, 3.05) is 17.2 Å². The van der Waals surface area contributed by atoms with E-state index >= 15 is 0 Å². The number of carbonyl (C=O) groups is 1. The van der Waals surface area contributed by atoms with Crippen LogP contribution in [0.1, 0.15) is 32.8 Å². The maximum atomic E-state index is 12.6. The molecule has 0 aliphatic carbocycles. The summed E-state index contributed by atoms with van der Waals surface area (Å²) < 4.78 is 0. The zero-order chi connectivity index (χ0) is 15.8. The summed E-state index contributed by atoms with van der Waals surface area (Å²) in [5.74, 6) is -0.0712. The summed E-state index contributed by atoms with van der Waals surface area (Å²) in [7, 11) is 0. The fourth-order valence-corrected chi connectivity index (χ4v) is 2.57. The van der Waals surface area contributed by atoms with E-state index in [0.717, 1.165) is 12.0 Å². The van der Waals surface area contributed by atoms with Crippen LogP contribution >= 0.6 is 0 Å². The number of fused-ring (bicyclic) bond motifs is 1. The molecule has 1 aromatic rings. The number of rotatable bonds is 4. The number of nitro benzene ring substituents is 1. The first kappa shape index (κ1) is 15.0. The first-order chi connectivity index (χ1) is 9.80. The number of anilines is 2. The molecule has 0 atom stereocenters. The van der Waals surface area contributed by atoms with Gasteiger partial charge in [0.15, 0.2) is 0 Å². The topological polar surface area (TPSA) is 89.5 Å². The summed E-state index contributed by atoms with van der Waals surface area (Å²) in [6.07, 6.45) is 4.73. The van der Waals surface area contributed by atoms with E-state index in [4.69, 9.17) is 5.73 Å². The first-order valence-corrected chi connectivity index (χ1v) is 6.86. The molecule has 1 aromatic carbocycles. The third-order valence-electron chi connectivity index (χ3n) is 3.78. The molecule has 1 heterocycles. The third kappa shape index (κ3) is 2.37. The van der Waals surface area contributed by atoms with Crippen LogP contribution in [0.15, 0.2) is 24.3 Å². The van der Waals surface area contributed by atoms with Gasteiger partial charge in [-0.3, -0.25) is 14.9 Å². The van der Waals surface area contributed by atoms with E-state index in [9.17, 15) is 14.9 Å². The summed E-state index contributed by atoms with van der Waals surface area (Å²) in [4.78, 5) is 24.6. The molecule has 6 heteroatoms. The molecule has 0 spiro atoms. The van der Waals surface area contributed by atoms with Crippen LogP contribution in [0, 0.1) is 10.1 Å². The number of amides is 1. The Morgan fingerprint density at radius 1 is 1.38 bits per heavy atom. The smallest absolute Gasteiger partial charge is 0.294 e. The van der Waals surface area contributed by atoms with Gasteiger partial charge < -0.3 is 10.6 Å². The van der Waals surface area contributed by atoms with Crippen molar-refractivity contribution >= 4 is 23.0 Å². The third-order valence-corrected chi connectivity index (χ3v) is 3.78. The van der Waals surface area contributed by atoms with Gasteiger partial charge in [0.2, 0.25) is 5.91 Å². The van der Waals surface area contributed by atoms with E-state index in [1.807, 2.05) is 32.9 Å². The molecule has 2 rings (SSSR count). The van der Waals surface area contributed by atoms with Crippen molar-refractivity contribution in [1.82, 2.24) is 0 Å². The molecular formula is C15H19N3O3. The average molecular weight is 289 g/mol. The largest absolute Gasteiger partial charge is 0.393 e. The summed E-state index contributed by atoms with van der Waals surface area (Å²) >= 11 is 0. The zero-order valence-corrected chi connectivity index (χ0v) is 12.4. The molecular weight excluding hydrogens is 270 g/mol. The monoisotopic (exact) mass is 289 g/mol. The van der Waals surface area contributed by atoms with Crippen LogP contribution in [-0.2, 0) is 10.2 Å². The summed E-state index contributed by atoms with van der Waals surface area (Å²) in [5.41, 5.74) is 6.26. The Morgan fingerprint density at radius 3 is 2.62 bits per heavy atom. The zero-order valence-electron chi connectivity index (χ0n) is 12.4. The Kier molecular flexibility index (Phi) is 3.72. The second kappa shape index (κ2) is 5.20. The van der Waals surface area contributed by atoms with E-state index in [1.54, 1.807) is 11.0 Å². The molecule has 0 saturated carbocycles. The second-order valence-corrected chi connectivity index (χ2v) is 5.61. The SMILES string of the molecule is CCC=CCN1C(=O)C(C)(C)c2cc(N)c([N+](=O)[O-])cc21. The number of benzene rings is 1. The fraction of sp³-hybridized carbons (Fsp3) is 0.400. The number of hydrogen-bond acceptors (Lipinski definition) is 4. The van der Waals surface area contributed by atoms with Crippen molar-refractivity contribution in [2.24, 2.45) is 0 Å². The normalized spacial score (nSPS) is 16.5. The van der Waals surface area contributed by atoms with Gasteiger partial charge in [-0.25, -0.2) is 0 Å². The number of nitrogens with two attached hydrogens (primary N) is 1. The molecule has 112 valence electrons. The van der Waals surface area contributed by atoms with E-state index in [-0.39, 0.29) is 17.3 Å². The minimum Gasteiger partial charge on any atom is -0.393 e. The van der Waals surface area contributed by atoms with Crippen molar-refractivity contribution in [3.05, 3.63) is 40.0 Å². The molecule has 6 nitrogen and oxygen atoms in total.